The third-order valence-corrected chi connectivity index (χ3v) is 6.87. The first-order valence-corrected chi connectivity index (χ1v) is 13.2. The van der Waals surface area contributed by atoms with Crippen molar-refractivity contribution in [2.45, 2.75) is 6.42 Å². The molecule has 2 aromatic carbocycles. The van der Waals surface area contributed by atoms with Crippen LogP contribution in [0.25, 0.3) is 10.9 Å². The minimum absolute atomic E-state index is 0.0493. The molecule has 1 fully saturated rings. The largest absolute Gasteiger partial charge is 0.493 e. The van der Waals surface area contributed by atoms with Crippen LogP contribution in [0.15, 0.2) is 36.8 Å². The Morgan fingerprint density at radius 2 is 1.98 bits per heavy atom. The van der Waals surface area contributed by atoms with Crippen molar-refractivity contribution in [1.29, 1.82) is 0 Å². The molecule has 11 nitrogen and oxygen atoms in total. The monoisotopic (exact) mass is 562 g/mol. The Morgan fingerprint density at radius 3 is 2.80 bits per heavy atom. The molecule has 0 bridgehead atoms. The van der Waals surface area contributed by atoms with Gasteiger partial charge in [0.05, 0.1) is 43.0 Å². The smallest absolute Gasteiger partial charge is 0.231 e. The number of benzene rings is 2. The maximum absolute atomic E-state index is 6.70. The number of H-pyrrole nitrogens is 1. The van der Waals surface area contributed by atoms with Gasteiger partial charge >= 0.3 is 0 Å². The highest BCUT2D eigenvalue weighted by Crippen LogP contribution is 2.47. The van der Waals surface area contributed by atoms with Crippen LogP contribution in [0, 0.1) is 11.8 Å². The zero-order valence-corrected chi connectivity index (χ0v) is 22.6. The summed E-state index contributed by atoms with van der Waals surface area (Å²) < 4.78 is 28.7. The van der Waals surface area contributed by atoms with Crippen molar-refractivity contribution in [2.75, 3.05) is 58.7 Å². The highest BCUT2D eigenvalue weighted by atomic mass is 35.5. The van der Waals surface area contributed by atoms with Gasteiger partial charge in [-0.3, -0.25) is 10.00 Å². The zero-order chi connectivity index (χ0) is 27.3. The van der Waals surface area contributed by atoms with Gasteiger partial charge in [-0.25, -0.2) is 9.97 Å². The third kappa shape index (κ3) is 5.56. The number of methoxy groups -OCH3 is 1. The summed E-state index contributed by atoms with van der Waals surface area (Å²) in [6.45, 7) is 5.05. The van der Waals surface area contributed by atoms with Crippen LogP contribution in [-0.2, 0) is 4.74 Å². The molecule has 1 saturated heterocycles. The number of halogens is 1. The molecule has 2 N–H and O–H groups in total. The molecule has 0 radical (unpaired) electrons. The number of hydrogen-bond donors (Lipinski definition) is 2. The van der Waals surface area contributed by atoms with E-state index in [2.05, 4.69) is 42.2 Å². The second-order valence-electron chi connectivity index (χ2n) is 9.09. The summed E-state index contributed by atoms with van der Waals surface area (Å²) in [5.74, 6) is 8.76. The number of ether oxygens (including phenoxy) is 5. The number of fused-ring (bicyclic) bond motifs is 2. The SMILES string of the molecule is COc1cc2c(Nc3c(Cl)cc(C#Cc4ccn[nH]4)c4c3OCO4)ncnc2cc1OCCCN1CCOCC1. The Balaban J connectivity index is 1.24. The van der Waals surface area contributed by atoms with E-state index in [1.54, 1.807) is 25.4 Å². The van der Waals surface area contributed by atoms with Gasteiger partial charge in [0.2, 0.25) is 6.79 Å². The van der Waals surface area contributed by atoms with E-state index in [-0.39, 0.29) is 6.79 Å². The molecule has 4 aromatic rings. The van der Waals surface area contributed by atoms with Crippen LogP contribution >= 0.6 is 11.6 Å². The van der Waals surface area contributed by atoms with E-state index in [9.17, 15) is 0 Å². The molecular formula is C28H27ClN6O5. The summed E-state index contributed by atoms with van der Waals surface area (Å²) in [5, 5.41) is 11.2. The average Bonchev–Trinajstić information content (AvgIpc) is 3.69. The number of aromatic amines is 1. The van der Waals surface area contributed by atoms with Gasteiger partial charge in [-0.05, 0) is 30.5 Å². The summed E-state index contributed by atoms with van der Waals surface area (Å²) >= 11 is 6.70. The highest BCUT2D eigenvalue weighted by Gasteiger charge is 2.25. The second kappa shape index (κ2) is 11.9. The predicted molar refractivity (Wildman–Crippen MR) is 149 cm³/mol. The number of nitrogens with zero attached hydrogens (tertiary/aromatic N) is 4. The number of nitrogens with one attached hydrogen (secondary N) is 2. The first kappa shape index (κ1) is 26.0. The molecule has 6 rings (SSSR count). The normalized spacial score (nSPS) is 14.6. The number of rotatable bonds is 8. The topological polar surface area (TPSA) is 116 Å². The summed E-state index contributed by atoms with van der Waals surface area (Å²) in [5.41, 5.74) is 2.48. The molecule has 2 aliphatic rings. The van der Waals surface area contributed by atoms with E-state index in [1.807, 2.05) is 12.1 Å². The fourth-order valence-electron chi connectivity index (χ4n) is 4.56. The van der Waals surface area contributed by atoms with Crippen molar-refractivity contribution in [2.24, 2.45) is 0 Å². The van der Waals surface area contributed by atoms with E-state index in [0.717, 1.165) is 44.7 Å². The van der Waals surface area contributed by atoms with Crippen LogP contribution in [-0.4, -0.2) is 78.4 Å². The number of hydrogen-bond acceptors (Lipinski definition) is 10. The van der Waals surface area contributed by atoms with Gasteiger partial charge in [0, 0.05) is 37.3 Å². The van der Waals surface area contributed by atoms with Gasteiger partial charge in [-0.2, -0.15) is 5.10 Å². The van der Waals surface area contributed by atoms with Crippen molar-refractivity contribution in [3.8, 4) is 34.8 Å². The van der Waals surface area contributed by atoms with Crippen LogP contribution in [0.1, 0.15) is 17.7 Å². The third-order valence-electron chi connectivity index (χ3n) is 6.57. The quantitative estimate of drug-likeness (QED) is 0.241. The number of anilines is 2. The second-order valence-corrected chi connectivity index (χ2v) is 9.50. The minimum atomic E-state index is 0.0493. The summed E-state index contributed by atoms with van der Waals surface area (Å²) in [4.78, 5) is 11.3. The molecule has 4 heterocycles. The van der Waals surface area contributed by atoms with Crippen molar-refractivity contribution >= 4 is 34.0 Å². The van der Waals surface area contributed by atoms with E-state index >= 15 is 0 Å². The fraction of sp³-hybridized carbons (Fsp3) is 0.321. The van der Waals surface area contributed by atoms with E-state index < -0.39 is 0 Å². The van der Waals surface area contributed by atoms with E-state index in [0.29, 0.717) is 62.9 Å². The predicted octanol–water partition coefficient (Wildman–Crippen LogP) is 3.99. The first-order chi connectivity index (χ1) is 19.7. The maximum Gasteiger partial charge on any atom is 0.231 e. The maximum atomic E-state index is 6.70. The minimum Gasteiger partial charge on any atom is -0.493 e. The van der Waals surface area contributed by atoms with E-state index in [4.69, 9.17) is 35.3 Å². The number of aromatic nitrogens is 4. The molecule has 2 aromatic heterocycles. The van der Waals surface area contributed by atoms with Crippen LogP contribution in [0.4, 0.5) is 11.5 Å². The zero-order valence-electron chi connectivity index (χ0n) is 21.8. The van der Waals surface area contributed by atoms with Gasteiger partial charge in [0.25, 0.3) is 0 Å². The lowest BCUT2D eigenvalue weighted by Gasteiger charge is -2.26. The lowest BCUT2D eigenvalue weighted by molar-refractivity contribution is 0.0357. The van der Waals surface area contributed by atoms with Crippen LogP contribution in [0.5, 0.6) is 23.0 Å². The molecule has 0 aliphatic carbocycles. The van der Waals surface area contributed by atoms with Crippen molar-refractivity contribution in [3.63, 3.8) is 0 Å². The molecule has 40 heavy (non-hydrogen) atoms. The molecule has 0 saturated carbocycles. The molecule has 0 spiro atoms. The lowest BCUT2D eigenvalue weighted by atomic mass is 10.1. The van der Waals surface area contributed by atoms with Crippen LogP contribution in [0.2, 0.25) is 5.02 Å². The van der Waals surface area contributed by atoms with Gasteiger partial charge in [0.1, 0.15) is 23.5 Å². The van der Waals surface area contributed by atoms with Crippen molar-refractivity contribution in [3.05, 3.63) is 53.1 Å². The number of morpholine rings is 1. The standard InChI is InChI=1S/C28H27ClN6O5/c1-36-23-14-20-22(15-24(23)38-10-2-7-35-8-11-37-12-9-35)30-16-31-28(20)33-25-21(29)13-18(26-27(25)40-17-39-26)3-4-19-5-6-32-34-19/h5-6,13-16H,2,7-12,17H2,1H3,(H,32,34)(H,30,31,33). The molecule has 0 amide bonds. The van der Waals surface area contributed by atoms with Gasteiger partial charge < -0.3 is 29.0 Å². The van der Waals surface area contributed by atoms with Crippen LogP contribution in [0.3, 0.4) is 0 Å². The summed E-state index contributed by atoms with van der Waals surface area (Å²) in [7, 11) is 1.61. The molecular weight excluding hydrogens is 536 g/mol. The van der Waals surface area contributed by atoms with Gasteiger partial charge in [-0.15, -0.1) is 0 Å². The van der Waals surface area contributed by atoms with Crippen LogP contribution < -0.4 is 24.3 Å². The molecule has 0 unspecified atom stereocenters. The lowest BCUT2D eigenvalue weighted by Crippen LogP contribution is -2.37. The Bertz CT molecular complexity index is 1560. The Labute approximate surface area is 235 Å². The Morgan fingerprint density at radius 1 is 1.10 bits per heavy atom. The molecule has 12 heteroatoms. The van der Waals surface area contributed by atoms with Gasteiger partial charge in [-0.1, -0.05) is 17.5 Å². The molecule has 0 atom stereocenters. The Hall–Kier alpha value is -4.24. The Kier molecular flexibility index (Phi) is 7.72. The van der Waals surface area contributed by atoms with Crippen molar-refractivity contribution in [1.82, 2.24) is 25.1 Å². The highest BCUT2D eigenvalue weighted by molar-refractivity contribution is 6.34. The summed E-state index contributed by atoms with van der Waals surface area (Å²) in [6.07, 6.45) is 4.01. The summed E-state index contributed by atoms with van der Waals surface area (Å²) in [6, 6.07) is 7.21. The first-order valence-electron chi connectivity index (χ1n) is 12.9. The molecule has 2 aliphatic heterocycles. The fourth-order valence-corrected chi connectivity index (χ4v) is 4.80. The average molecular weight is 563 g/mol. The van der Waals surface area contributed by atoms with Crippen molar-refractivity contribution < 1.29 is 23.7 Å². The molecule has 206 valence electrons. The van der Waals surface area contributed by atoms with E-state index in [1.165, 1.54) is 6.33 Å². The van der Waals surface area contributed by atoms with Gasteiger partial charge in [0.15, 0.2) is 23.0 Å².